The van der Waals surface area contributed by atoms with Crippen LogP contribution in [0.4, 0.5) is 0 Å². The number of benzene rings is 1. The molecular formula is C17H16FeS-6. The Morgan fingerprint density at radius 3 is 1.84 bits per heavy atom. The van der Waals surface area contributed by atoms with Crippen LogP contribution in [0.2, 0.25) is 0 Å². The van der Waals surface area contributed by atoms with Crippen LogP contribution in [0, 0.1) is 0 Å². The third kappa shape index (κ3) is 6.49. The summed E-state index contributed by atoms with van der Waals surface area (Å²) in [4.78, 5) is 1.34. The third-order valence-electron chi connectivity index (χ3n) is 2.44. The van der Waals surface area contributed by atoms with Gasteiger partial charge >= 0.3 is 0 Å². The van der Waals surface area contributed by atoms with Crippen LogP contribution in [0.3, 0.4) is 0 Å². The van der Waals surface area contributed by atoms with Crippen LogP contribution in [0.1, 0.15) is 5.56 Å². The molecule has 0 amide bonds. The maximum atomic E-state index is 2.16. The second-order valence-corrected chi connectivity index (χ2v) is 4.91. The first-order valence-corrected chi connectivity index (χ1v) is 6.99. The average Bonchev–Trinajstić information content (AvgIpc) is 3.13. The van der Waals surface area contributed by atoms with Gasteiger partial charge in [0.05, 0.1) is 0 Å². The van der Waals surface area contributed by atoms with Crippen LogP contribution in [0.5, 0.6) is 0 Å². The molecule has 0 bridgehead atoms. The predicted molar refractivity (Wildman–Crippen MR) is 80.1 cm³/mol. The van der Waals surface area contributed by atoms with Crippen LogP contribution in [-0.4, -0.2) is 0 Å². The minimum absolute atomic E-state index is 0. The van der Waals surface area contributed by atoms with E-state index in [2.05, 4.69) is 48.5 Å². The fourth-order valence-electron chi connectivity index (χ4n) is 1.51. The standard InChI is InChI=1S/C12H11S.C5H5.Fe/c1-2-8-12(9-3-1)13-10-11-6-4-5-7-11;1-2-4-5-3-1;/h1-9H,10H2;1-5H;/q-1;-5;. The van der Waals surface area contributed by atoms with Crippen molar-refractivity contribution in [3.8, 4) is 0 Å². The minimum Gasteiger partial charge on any atom is -0.748 e. The summed E-state index contributed by atoms with van der Waals surface area (Å²) in [6, 6.07) is 29.0. The van der Waals surface area contributed by atoms with Gasteiger partial charge in [-0.05, 0) is 17.9 Å². The molecule has 0 heterocycles. The van der Waals surface area contributed by atoms with Gasteiger partial charge in [-0.2, -0.15) is 12.1 Å². The number of hydrogen-bond donors (Lipinski definition) is 0. The van der Waals surface area contributed by atoms with Crippen molar-refractivity contribution in [3.05, 3.63) is 90.5 Å². The largest absolute Gasteiger partial charge is 0.748 e. The minimum atomic E-state index is 0. The van der Waals surface area contributed by atoms with Crippen molar-refractivity contribution in [2.24, 2.45) is 0 Å². The summed E-state index contributed by atoms with van der Waals surface area (Å²) in [5.74, 6) is 1.07. The first-order chi connectivity index (χ1) is 8.95. The first-order valence-electron chi connectivity index (χ1n) is 6.00. The van der Waals surface area contributed by atoms with Crippen molar-refractivity contribution < 1.29 is 17.1 Å². The van der Waals surface area contributed by atoms with Crippen LogP contribution in [-0.2, 0) is 22.8 Å². The van der Waals surface area contributed by atoms with E-state index in [9.17, 15) is 0 Å². The average molecular weight is 308 g/mol. The number of rotatable bonds is 3. The topological polar surface area (TPSA) is 0 Å². The normalized spacial score (nSPS) is 9.05. The van der Waals surface area contributed by atoms with E-state index >= 15 is 0 Å². The molecule has 2 heteroatoms. The zero-order valence-corrected chi connectivity index (χ0v) is 12.5. The zero-order chi connectivity index (χ0) is 12.5. The summed E-state index contributed by atoms with van der Waals surface area (Å²) < 4.78 is 0. The van der Waals surface area contributed by atoms with Gasteiger partial charge in [0.15, 0.2) is 0 Å². The van der Waals surface area contributed by atoms with Gasteiger partial charge in [0.2, 0.25) is 0 Å². The van der Waals surface area contributed by atoms with E-state index < -0.39 is 0 Å². The summed E-state index contributed by atoms with van der Waals surface area (Å²) in [7, 11) is 0. The molecule has 104 valence electrons. The molecule has 0 aliphatic carbocycles. The summed E-state index contributed by atoms with van der Waals surface area (Å²) in [6.07, 6.45) is 0. The zero-order valence-electron chi connectivity index (χ0n) is 10.6. The molecule has 0 unspecified atom stereocenters. The second kappa shape index (κ2) is 9.68. The monoisotopic (exact) mass is 308 g/mol. The molecule has 3 rings (SSSR count). The maximum absolute atomic E-state index is 2.16. The molecule has 0 fully saturated rings. The van der Waals surface area contributed by atoms with Gasteiger partial charge in [0.25, 0.3) is 0 Å². The van der Waals surface area contributed by atoms with Crippen LogP contribution in [0.25, 0.3) is 0 Å². The molecule has 19 heavy (non-hydrogen) atoms. The van der Waals surface area contributed by atoms with Crippen LogP contribution >= 0.6 is 11.8 Å². The van der Waals surface area contributed by atoms with Crippen molar-refractivity contribution >= 4 is 11.8 Å². The van der Waals surface area contributed by atoms with Crippen molar-refractivity contribution in [1.82, 2.24) is 0 Å². The van der Waals surface area contributed by atoms with Gasteiger partial charge in [-0.3, -0.25) is 0 Å². The fourth-order valence-corrected chi connectivity index (χ4v) is 2.39. The van der Waals surface area contributed by atoms with Crippen molar-refractivity contribution in [2.45, 2.75) is 10.6 Å². The maximum Gasteiger partial charge on any atom is 0.00648 e. The van der Waals surface area contributed by atoms with Crippen molar-refractivity contribution in [1.29, 1.82) is 0 Å². The smallest absolute Gasteiger partial charge is 0.00648 e. The van der Waals surface area contributed by atoms with Crippen LogP contribution < -0.4 is 0 Å². The second-order valence-electron chi connectivity index (χ2n) is 3.86. The Morgan fingerprint density at radius 2 is 1.32 bits per heavy atom. The molecule has 3 aromatic carbocycles. The van der Waals surface area contributed by atoms with Crippen LogP contribution in [0.15, 0.2) is 89.8 Å². The molecule has 0 aromatic heterocycles. The summed E-state index contributed by atoms with van der Waals surface area (Å²) in [5, 5.41) is 0. The van der Waals surface area contributed by atoms with Gasteiger partial charge in [-0.25, -0.2) is 12.1 Å². The van der Waals surface area contributed by atoms with Gasteiger partial charge in [0, 0.05) is 22.0 Å². The van der Waals surface area contributed by atoms with E-state index in [-0.39, 0.29) is 17.1 Å². The SMILES string of the molecule is [Fe].[cH-]1[cH-][cH-][cH-][cH-]1.c1ccc(SC[c-]2cccc2)cc1. The summed E-state index contributed by atoms with van der Waals surface area (Å²) in [6.45, 7) is 0. The molecule has 0 spiro atoms. The molecule has 0 saturated carbocycles. The Hall–Kier alpha value is -1.21. The third-order valence-corrected chi connectivity index (χ3v) is 3.52. The van der Waals surface area contributed by atoms with Gasteiger partial charge < -0.3 is 30.3 Å². The Labute approximate surface area is 130 Å². The van der Waals surface area contributed by atoms with E-state index in [4.69, 9.17) is 0 Å². The van der Waals surface area contributed by atoms with E-state index in [1.807, 2.05) is 48.2 Å². The van der Waals surface area contributed by atoms with Crippen molar-refractivity contribution in [2.75, 3.05) is 0 Å². The molecule has 3 aromatic rings. The molecule has 0 saturated heterocycles. The molecule has 0 N–H and O–H groups in total. The Balaban J connectivity index is 0.000000256. The summed E-state index contributed by atoms with van der Waals surface area (Å²) in [5.41, 5.74) is 1.40. The Morgan fingerprint density at radius 1 is 0.789 bits per heavy atom. The Bertz CT molecular complexity index is 480. The number of thioether (sulfide) groups is 1. The van der Waals surface area contributed by atoms with Gasteiger partial charge in [-0.15, -0.1) is 17.3 Å². The molecule has 0 atom stereocenters. The van der Waals surface area contributed by atoms with Gasteiger partial charge in [-0.1, -0.05) is 18.2 Å². The summed E-state index contributed by atoms with van der Waals surface area (Å²) >= 11 is 1.88. The van der Waals surface area contributed by atoms with E-state index in [0.717, 1.165) is 5.75 Å². The molecule has 0 nitrogen and oxygen atoms in total. The fraction of sp³-hybridized carbons (Fsp3) is 0.0588. The van der Waals surface area contributed by atoms with Crippen molar-refractivity contribution in [3.63, 3.8) is 0 Å². The van der Waals surface area contributed by atoms with E-state index in [1.165, 1.54) is 10.5 Å². The molecule has 0 aliphatic rings. The van der Waals surface area contributed by atoms with E-state index in [0.29, 0.717) is 0 Å². The first kappa shape index (κ1) is 15.8. The van der Waals surface area contributed by atoms with E-state index in [1.54, 1.807) is 0 Å². The Kier molecular flexibility index (Phi) is 8.08. The molecule has 0 aliphatic heterocycles. The quantitative estimate of drug-likeness (QED) is 0.368. The molecule has 0 radical (unpaired) electrons. The van der Waals surface area contributed by atoms with Gasteiger partial charge in [0.1, 0.15) is 0 Å². The molecular weight excluding hydrogens is 292 g/mol. The predicted octanol–water partition coefficient (Wildman–Crippen LogP) is 5.10. The number of hydrogen-bond acceptors (Lipinski definition) is 1.